The van der Waals surface area contributed by atoms with Gasteiger partial charge in [0.15, 0.2) is 0 Å². The van der Waals surface area contributed by atoms with E-state index in [4.69, 9.17) is 4.74 Å². The van der Waals surface area contributed by atoms with Gasteiger partial charge in [-0.2, -0.15) is 0 Å². The van der Waals surface area contributed by atoms with Gasteiger partial charge in [-0.15, -0.1) is 0 Å². The summed E-state index contributed by atoms with van der Waals surface area (Å²) in [6, 6.07) is 11.4. The summed E-state index contributed by atoms with van der Waals surface area (Å²) in [5.41, 5.74) is 2.42. The highest BCUT2D eigenvalue weighted by molar-refractivity contribution is 6.50. The van der Waals surface area contributed by atoms with Gasteiger partial charge >= 0.3 is 0 Å². The van der Waals surface area contributed by atoms with Crippen LogP contribution in [0.2, 0.25) is 0 Å². The summed E-state index contributed by atoms with van der Waals surface area (Å²) in [4.78, 5) is 25.2. The number of ether oxygens (including phenoxy) is 1. The molecule has 1 N–H and O–H groups in total. The molecule has 1 aliphatic rings. The molecule has 0 unspecified atom stereocenters. The van der Waals surface area contributed by atoms with Crippen molar-refractivity contribution >= 4 is 33.9 Å². The van der Waals surface area contributed by atoms with E-state index in [1.165, 1.54) is 19.2 Å². The van der Waals surface area contributed by atoms with Gasteiger partial charge in [-0.3, -0.25) is 14.9 Å². The second kappa shape index (κ2) is 6.39. The number of aromatic nitrogens is 1. The van der Waals surface area contributed by atoms with Crippen LogP contribution in [0.25, 0.3) is 22.0 Å². The predicted molar refractivity (Wildman–Crippen MR) is 101 cm³/mol. The van der Waals surface area contributed by atoms with E-state index < -0.39 is 17.6 Å². The molecule has 2 aromatic carbocycles. The lowest BCUT2D eigenvalue weighted by atomic mass is 9.96. The van der Waals surface area contributed by atoms with Crippen molar-refractivity contribution in [3.63, 3.8) is 0 Å². The van der Waals surface area contributed by atoms with Crippen LogP contribution < -0.4 is 10.1 Å². The third-order valence-electron chi connectivity index (χ3n) is 4.74. The van der Waals surface area contributed by atoms with Crippen molar-refractivity contribution in [2.24, 2.45) is 0 Å². The molecule has 4 rings (SSSR count). The summed E-state index contributed by atoms with van der Waals surface area (Å²) >= 11 is 0. The Morgan fingerprint density at radius 1 is 1.07 bits per heavy atom. The minimum Gasteiger partial charge on any atom is -0.497 e. The highest BCUT2D eigenvalue weighted by Gasteiger charge is 2.34. The average molecular weight is 364 g/mol. The third-order valence-corrected chi connectivity index (χ3v) is 4.74. The Kier molecular flexibility index (Phi) is 4.03. The maximum Gasteiger partial charge on any atom is 0.259 e. The van der Waals surface area contributed by atoms with E-state index in [2.05, 4.69) is 5.32 Å². The van der Waals surface area contributed by atoms with Crippen LogP contribution in [0.3, 0.4) is 0 Å². The molecule has 0 aliphatic carbocycles. The Hall–Kier alpha value is -3.41. The van der Waals surface area contributed by atoms with Crippen LogP contribution in [0.5, 0.6) is 5.75 Å². The van der Waals surface area contributed by atoms with Gasteiger partial charge in [0.1, 0.15) is 11.6 Å². The first-order valence-electron chi connectivity index (χ1n) is 8.56. The van der Waals surface area contributed by atoms with Crippen molar-refractivity contribution in [1.29, 1.82) is 0 Å². The molecule has 5 nitrogen and oxygen atoms in total. The largest absolute Gasteiger partial charge is 0.497 e. The number of amides is 2. The number of rotatable bonds is 4. The number of halogens is 1. The Bertz CT molecular complexity index is 1130. The van der Waals surface area contributed by atoms with E-state index in [0.717, 1.165) is 5.52 Å². The number of methoxy groups -OCH3 is 1. The van der Waals surface area contributed by atoms with Crippen molar-refractivity contribution in [3.05, 3.63) is 65.6 Å². The summed E-state index contributed by atoms with van der Waals surface area (Å²) in [5.74, 6) is -0.784. The average Bonchev–Trinajstić information content (AvgIpc) is 3.17. The zero-order valence-corrected chi connectivity index (χ0v) is 14.9. The van der Waals surface area contributed by atoms with Crippen molar-refractivity contribution in [1.82, 2.24) is 9.88 Å². The quantitative estimate of drug-likeness (QED) is 0.722. The van der Waals surface area contributed by atoms with Crippen molar-refractivity contribution in [2.75, 3.05) is 7.11 Å². The molecule has 6 heteroatoms. The van der Waals surface area contributed by atoms with Crippen LogP contribution in [-0.4, -0.2) is 23.5 Å². The number of benzene rings is 2. The molecular weight excluding hydrogens is 347 g/mol. The first-order chi connectivity index (χ1) is 13.0. The van der Waals surface area contributed by atoms with Crippen LogP contribution in [0.15, 0.2) is 48.7 Å². The number of nitrogens with one attached hydrogen (secondary N) is 1. The number of hydrogen-bond donors (Lipinski definition) is 1. The van der Waals surface area contributed by atoms with E-state index in [1.54, 1.807) is 36.5 Å². The molecule has 3 aromatic rings. The van der Waals surface area contributed by atoms with E-state index in [-0.39, 0.29) is 11.1 Å². The summed E-state index contributed by atoms with van der Waals surface area (Å²) in [6.45, 7) is 2.61. The zero-order valence-electron chi connectivity index (χ0n) is 14.9. The number of fused-ring (bicyclic) bond motifs is 1. The fourth-order valence-corrected chi connectivity index (χ4v) is 3.50. The van der Waals surface area contributed by atoms with Crippen molar-refractivity contribution in [3.8, 4) is 5.75 Å². The van der Waals surface area contributed by atoms with Gasteiger partial charge in [0, 0.05) is 29.2 Å². The van der Waals surface area contributed by atoms with E-state index in [9.17, 15) is 14.0 Å². The fourth-order valence-electron chi connectivity index (χ4n) is 3.50. The third kappa shape index (κ3) is 2.70. The molecule has 1 aromatic heterocycles. The summed E-state index contributed by atoms with van der Waals surface area (Å²) in [5, 5.41) is 2.96. The molecule has 0 atom stereocenters. The number of aryl methyl sites for hydroxylation is 1. The molecule has 0 radical (unpaired) electrons. The normalized spacial score (nSPS) is 14.2. The lowest BCUT2D eigenvalue weighted by Gasteiger charge is -2.06. The van der Waals surface area contributed by atoms with Gasteiger partial charge in [-0.25, -0.2) is 4.39 Å². The lowest BCUT2D eigenvalue weighted by molar-refractivity contribution is -0.122. The maximum atomic E-state index is 13.9. The molecule has 0 fully saturated rings. The van der Waals surface area contributed by atoms with Crippen LogP contribution in [-0.2, 0) is 16.1 Å². The van der Waals surface area contributed by atoms with Gasteiger partial charge in [0.2, 0.25) is 0 Å². The predicted octanol–water partition coefficient (Wildman–Crippen LogP) is 3.38. The van der Waals surface area contributed by atoms with Gasteiger partial charge in [-0.1, -0.05) is 12.1 Å². The van der Waals surface area contributed by atoms with Crippen LogP contribution in [0, 0.1) is 5.82 Å². The number of nitrogens with zero attached hydrogens (tertiary/aromatic N) is 1. The minimum atomic E-state index is -0.489. The topological polar surface area (TPSA) is 60.3 Å². The molecule has 136 valence electrons. The number of hydrogen-bond acceptors (Lipinski definition) is 3. The lowest BCUT2D eigenvalue weighted by Crippen LogP contribution is -2.22. The first kappa shape index (κ1) is 17.0. The van der Waals surface area contributed by atoms with Crippen LogP contribution in [0.4, 0.5) is 4.39 Å². The number of carbonyl (C=O) groups excluding carboxylic acids is 2. The molecule has 1 aliphatic heterocycles. The Labute approximate surface area is 155 Å². The SMILES string of the molecule is CCn1cc(C2=C(c3cccc(OC)c3)C(=O)NC2=O)c2cc(F)ccc21. The molecule has 27 heavy (non-hydrogen) atoms. The zero-order chi connectivity index (χ0) is 19.1. The summed E-state index contributed by atoms with van der Waals surface area (Å²) in [6.07, 6.45) is 1.79. The van der Waals surface area contributed by atoms with Gasteiger partial charge < -0.3 is 9.30 Å². The minimum absolute atomic E-state index is 0.246. The monoisotopic (exact) mass is 364 g/mol. The molecule has 0 saturated carbocycles. The van der Waals surface area contributed by atoms with Crippen LogP contribution >= 0.6 is 0 Å². The standard InChI is InChI=1S/C21H17FN2O3/c1-3-24-11-16(15-10-13(22)7-8-17(15)24)19-18(20(25)23-21(19)26)12-5-4-6-14(9-12)27-2/h4-11H,3H2,1-2H3,(H,23,25,26). The first-order valence-corrected chi connectivity index (χ1v) is 8.56. The number of carbonyl (C=O) groups is 2. The molecule has 2 amide bonds. The van der Waals surface area contributed by atoms with Crippen molar-refractivity contribution < 1.29 is 18.7 Å². The highest BCUT2D eigenvalue weighted by atomic mass is 19.1. The molecular formula is C21H17FN2O3. The Balaban J connectivity index is 2.03. The number of imide groups is 1. The molecule has 2 heterocycles. The molecule has 0 spiro atoms. The smallest absolute Gasteiger partial charge is 0.259 e. The molecule has 0 bridgehead atoms. The second-order valence-electron chi connectivity index (χ2n) is 6.26. The highest BCUT2D eigenvalue weighted by Crippen LogP contribution is 2.37. The van der Waals surface area contributed by atoms with E-state index in [1.807, 2.05) is 11.5 Å². The van der Waals surface area contributed by atoms with Gasteiger partial charge in [-0.05, 0) is 42.8 Å². The van der Waals surface area contributed by atoms with Crippen LogP contribution in [0.1, 0.15) is 18.1 Å². The molecule has 0 saturated heterocycles. The summed E-state index contributed by atoms with van der Waals surface area (Å²) < 4.78 is 21.1. The summed E-state index contributed by atoms with van der Waals surface area (Å²) in [7, 11) is 1.53. The second-order valence-corrected chi connectivity index (χ2v) is 6.26. The van der Waals surface area contributed by atoms with Gasteiger partial charge in [0.25, 0.3) is 11.8 Å². The fraction of sp³-hybridized carbons (Fsp3) is 0.143. The van der Waals surface area contributed by atoms with E-state index >= 15 is 0 Å². The van der Waals surface area contributed by atoms with E-state index in [0.29, 0.717) is 28.8 Å². The van der Waals surface area contributed by atoms with Gasteiger partial charge in [0.05, 0.1) is 18.3 Å². The Morgan fingerprint density at radius 2 is 1.85 bits per heavy atom. The maximum absolute atomic E-state index is 13.9. The van der Waals surface area contributed by atoms with Crippen molar-refractivity contribution in [2.45, 2.75) is 13.5 Å². The Morgan fingerprint density at radius 3 is 2.59 bits per heavy atom.